The molecule has 0 aromatic carbocycles. The molecule has 0 unspecified atom stereocenters. The summed E-state index contributed by atoms with van der Waals surface area (Å²) >= 11 is 0. The first-order valence-corrected chi connectivity index (χ1v) is 10.5. The third kappa shape index (κ3) is 4.50. The first kappa shape index (κ1) is 18.6. The van der Waals surface area contributed by atoms with Gasteiger partial charge in [0.15, 0.2) is 0 Å². The van der Waals surface area contributed by atoms with Crippen LogP contribution in [-0.4, -0.2) is 54.6 Å². The number of sulfonamides is 1. The molecule has 0 atom stereocenters. The van der Waals surface area contributed by atoms with Gasteiger partial charge in [0.1, 0.15) is 5.82 Å². The molecule has 1 aliphatic rings. The number of anilines is 2. The minimum atomic E-state index is -3.23. The van der Waals surface area contributed by atoms with E-state index >= 15 is 0 Å². The van der Waals surface area contributed by atoms with Crippen LogP contribution in [0.25, 0.3) is 0 Å². The molecular weight excluding hydrogens is 354 g/mol. The molecular formula is C16H25N7O2S. The summed E-state index contributed by atoms with van der Waals surface area (Å²) in [7, 11) is -1.23. The van der Waals surface area contributed by atoms with Gasteiger partial charge in [-0.3, -0.25) is 4.68 Å². The van der Waals surface area contributed by atoms with E-state index < -0.39 is 10.0 Å². The minimum absolute atomic E-state index is 0.201. The van der Waals surface area contributed by atoms with E-state index in [0.29, 0.717) is 18.2 Å². The lowest BCUT2D eigenvalue weighted by atomic mass is 10.3. The van der Waals surface area contributed by atoms with Gasteiger partial charge in [-0.25, -0.2) is 18.1 Å². The van der Waals surface area contributed by atoms with Crippen molar-refractivity contribution in [3.05, 3.63) is 29.7 Å². The molecule has 142 valence electrons. The topological polar surface area (TPSA) is 96.3 Å². The highest BCUT2D eigenvalue weighted by Crippen LogP contribution is 2.20. The smallest absolute Gasteiger partial charge is 0.227 e. The zero-order chi connectivity index (χ0) is 18.7. The summed E-state index contributed by atoms with van der Waals surface area (Å²) in [6.45, 7) is 5.44. The van der Waals surface area contributed by atoms with Crippen molar-refractivity contribution >= 4 is 21.8 Å². The lowest BCUT2D eigenvalue weighted by Crippen LogP contribution is -2.26. The number of nitrogens with one attached hydrogen (secondary N) is 1. The van der Waals surface area contributed by atoms with Crippen LogP contribution >= 0.6 is 0 Å². The van der Waals surface area contributed by atoms with Crippen LogP contribution in [0.1, 0.15) is 24.7 Å². The van der Waals surface area contributed by atoms with E-state index in [9.17, 15) is 8.42 Å². The Labute approximate surface area is 154 Å². The molecule has 0 spiro atoms. The Balaban J connectivity index is 1.78. The van der Waals surface area contributed by atoms with Crippen molar-refractivity contribution in [3.63, 3.8) is 0 Å². The zero-order valence-corrected chi connectivity index (χ0v) is 16.2. The first-order chi connectivity index (χ1) is 12.4. The van der Waals surface area contributed by atoms with Crippen LogP contribution in [0.15, 0.2) is 18.3 Å². The molecule has 1 aliphatic heterocycles. The maximum absolute atomic E-state index is 11.3. The highest BCUT2D eigenvalue weighted by molar-refractivity contribution is 7.88. The summed E-state index contributed by atoms with van der Waals surface area (Å²) in [6.07, 6.45) is 3.85. The van der Waals surface area contributed by atoms with Gasteiger partial charge in [0, 0.05) is 32.9 Å². The molecule has 2 aromatic heterocycles. The number of aromatic nitrogens is 4. The van der Waals surface area contributed by atoms with Crippen molar-refractivity contribution in [1.29, 1.82) is 0 Å². The average molecular weight is 379 g/mol. The quantitative estimate of drug-likeness (QED) is 0.784. The second-order valence-corrected chi connectivity index (χ2v) is 8.28. The Morgan fingerprint density at radius 3 is 2.88 bits per heavy atom. The minimum Gasteiger partial charge on any atom is -0.360 e. The molecule has 0 radical (unpaired) electrons. The van der Waals surface area contributed by atoms with Gasteiger partial charge in [0.25, 0.3) is 0 Å². The molecule has 3 rings (SSSR count). The SMILES string of the molecule is CCN(C)c1ccnc(N2CCCn3nc(CNS(C)(=O)=O)cc3C2)n1. The van der Waals surface area contributed by atoms with Gasteiger partial charge in [-0.15, -0.1) is 0 Å². The molecule has 0 amide bonds. The third-order valence-corrected chi connectivity index (χ3v) is 5.03. The Kier molecular flexibility index (Phi) is 5.42. The molecule has 0 saturated heterocycles. The van der Waals surface area contributed by atoms with Gasteiger partial charge < -0.3 is 9.80 Å². The molecule has 2 aromatic rings. The monoisotopic (exact) mass is 379 g/mol. The molecule has 0 bridgehead atoms. The van der Waals surface area contributed by atoms with Crippen LogP contribution < -0.4 is 14.5 Å². The lowest BCUT2D eigenvalue weighted by molar-refractivity contribution is 0.573. The molecule has 9 nitrogen and oxygen atoms in total. The molecule has 26 heavy (non-hydrogen) atoms. The number of rotatable bonds is 6. The fourth-order valence-electron chi connectivity index (χ4n) is 2.85. The van der Waals surface area contributed by atoms with Crippen molar-refractivity contribution < 1.29 is 8.42 Å². The van der Waals surface area contributed by atoms with Gasteiger partial charge in [-0.1, -0.05) is 0 Å². The van der Waals surface area contributed by atoms with Gasteiger partial charge in [0.2, 0.25) is 16.0 Å². The van der Waals surface area contributed by atoms with E-state index in [4.69, 9.17) is 0 Å². The summed E-state index contributed by atoms with van der Waals surface area (Å²) in [4.78, 5) is 13.3. The highest BCUT2D eigenvalue weighted by Gasteiger charge is 2.19. The van der Waals surface area contributed by atoms with Crippen LogP contribution in [0, 0.1) is 0 Å². The maximum Gasteiger partial charge on any atom is 0.227 e. The number of fused-ring (bicyclic) bond motifs is 1. The largest absolute Gasteiger partial charge is 0.360 e. The summed E-state index contributed by atoms with van der Waals surface area (Å²) < 4.78 is 27.0. The molecule has 0 saturated carbocycles. The van der Waals surface area contributed by atoms with Crippen LogP contribution in [-0.2, 0) is 29.7 Å². The summed E-state index contributed by atoms with van der Waals surface area (Å²) in [6, 6.07) is 3.85. The summed E-state index contributed by atoms with van der Waals surface area (Å²) in [5.41, 5.74) is 1.75. The lowest BCUT2D eigenvalue weighted by Gasteiger charge is -2.22. The predicted molar refractivity (Wildman–Crippen MR) is 101 cm³/mol. The molecule has 0 aliphatic carbocycles. The Bertz CT molecular complexity index is 865. The number of nitrogens with zero attached hydrogens (tertiary/aromatic N) is 6. The van der Waals surface area contributed by atoms with Crippen molar-refractivity contribution in [1.82, 2.24) is 24.5 Å². The van der Waals surface area contributed by atoms with E-state index in [-0.39, 0.29) is 6.54 Å². The second kappa shape index (κ2) is 7.58. The van der Waals surface area contributed by atoms with Crippen molar-refractivity contribution in [2.24, 2.45) is 0 Å². The van der Waals surface area contributed by atoms with E-state index in [1.165, 1.54) is 0 Å². The van der Waals surface area contributed by atoms with Crippen LogP contribution in [0.2, 0.25) is 0 Å². The Morgan fingerprint density at radius 1 is 1.35 bits per heavy atom. The highest BCUT2D eigenvalue weighted by atomic mass is 32.2. The van der Waals surface area contributed by atoms with Gasteiger partial charge in [-0.05, 0) is 25.5 Å². The fraction of sp³-hybridized carbons (Fsp3) is 0.562. The number of aryl methyl sites for hydroxylation is 1. The molecule has 0 fully saturated rings. The molecule has 1 N–H and O–H groups in total. The Hall–Kier alpha value is -2.20. The van der Waals surface area contributed by atoms with Crippen LogP contribution in [0.4, 0.5) is 11.8 Å². The van der Waals surface area contributed by atoms with Crippen molar-refractivity contribution in [3.8, 4) is 0 Å². The third-order valence-electron chi connectivity index (χ3n) is 4.36. The van der Waals surface area contributed by atoms with Crippen LogP contribution in [0.3, 0.4) is 0 Å². The zero-order valence-electron chi connectivity index (χ0n) is 15.4. The Morgan fingerprint density at radius 2 is 2.15 bits per heavy atom. The first-order valence-electron chi connectivity index (χ1n) is 8.65. The van der Waals surface area contributed by atoms with E-state index in [1.54, 1.807) is 6.20 Å². The van der Waals surface area contributed by atoms with Gasteiger partial charge in [-0.2, -0.15) is 10.1 Å². The molecule has 3 heterocycles. The van der Waals surface area contributed by atoms with Gasteiger partial charge >= 0.3 is 0 Å². The number of hydrogen-bond donors (Lipinski definition) is 1. The van der Waals surface area contributed by atoms with Crippen molar-refractivity contribution in [2.75, 3.05) is 36.2 Å². The van der Waals surface area contributed by atoms with E-state index in [1.807, 2.05) is 23.9 Å². The number of hydrogen-bond acceptors (Lipinski definition) is 7. The van der Waals surface area contributed by atoms with Crippen LogP contribution in [0.5, 0.6) is 0 Å². The standard InChI is InChI=1S/C16H25N7O2S/c1-4-21(2)15-6-7-17-16(19-15)22-8-5-9-23-14(12-22)10-13(20-23)11-18-26(3,24)25/h6-7,10,18H,4-5,8-9,11-12H2,1-3H3. The predicted octanol–water partition coefficient (Wildman–Crippen LogP) is 0.589. The normalized spacial score (nSPS) is 14.8. The summed E-state index contributed by atoms with van der Waals surface area (Å²) in [5, 5.41) is 4.52. The van der Waals surface area contributed by atoms with Crippen molar-refractivity contribution in [2.45, 2.75) is 33.0 Å². The van der Waals surface area contributed by atoms with E-state index in [0.717, 1.165) is 43.8 Å². The fourth-order valence-corrected chi connectivity index (χ4v) is 3.26. The van der Waals surface area contributed by atoms with E-state index in [2.05, 4.69) is 36.5 Å². The average Bonchev–Trinajstić information content (AvgIpc) is 2.89. The summed E-state index contributed by atoms with van der Waals surface area (Å²) in [5.74, 6) is 1.60. The second-order valence-electron chi connectivity index (χ2n) is 6.45. The molecule has 10 heteroatoms. The maximum atomic E-state index is 11.3. The van der Waals surface area contributed by atoms with Gasteiger partial charge in [0.05, 0.1) is 30.7 Å².